The molecule has 7 aromatic rings. The van der Waals surface area contributed by atoms with Crippen LogP contribution in [0.25, 0.3) is 60.2 Å². The Kier molecular flexibility index (Phi) is 4.64. The van der Waals surface area contributed by atoms with Gasteiger partial charge in [0.25, 0.3) is 0 Å². The molecule has 0 saturated heterocycles. The Morgan fingerprint density at radius 3 is 2.13 bits per heavy atom. The van der Waals surface area contributed by atoms with Gasteiger partial charge in [-0.15, -0.1) is 0 Å². The van der Waals surface area contributed by atoms with E-state index in [1.807, 2.05) is 54.6 Å². The topological polar surface area (TPSA) is 54.0 Å². The Hall–Kier alpha value is -5.35. The van der Waals surface area contributed by atoms with Crippen molar-refractivity contribution < 1.29 is 4.42 Å². The maximum atomic E-state index is 8.73. The molecule has 0 radical (unpaired) electrons. The lowest BCUT2D eigenvalue weighted by molar-refractivity contribution is 0.673. The average Bonchev–Trinajstić information content (AvgIpc) is 3.53. The van der Waals surface area contributed by atoms with E-state index in [0.717, 1.165) is 71.4 Å². The van der Waals surface area contributed by atoms with Crippen LogP contribution < -0.4 is 5.43 Å². The van der Waals surface area contributed by atoms with Gasteiger partial charge in [-0.05, 0) is 18.2 Å². The van der Waals surface area contributed by atoms with Crippen LogP contribution >= 0.6 is 0 Å². The lowest BCUT2D eigenvalue weighted by atomic mass is 9.99. The first-order valence-electron chi connectivity index (χ1n) is 13.0. The fourth-order valence-corrected chi connectivity index (χ4v) is 5.93. The second kappa shape index (κ2) is 8.33. The standard InChI is InChI=1S/C35H23N3O/c36-28-19-9-6-16-25(28)33(22-12-2-1-3-13-22)37-38-29-20-10-7-17-26(29)31-32-27-18-8-11-21-30(27)39-35(32)24-15-5-4-14-23(24)34(31)38/h1-21,36-37H/b33-25-,36-28?. The van der Waals surface area contributed by atoms with Crippen LogP contribution in [0.15, 0.2) is 137 Å². The molecule has 2 aromatic heterocycles. The van der Waals surface area contributed by atoms with Gasteiger partial charge in [0.2, 0.25) is 0 Å². The predicted molar refractivity (Wildman–Crippen MR) is 163 cm³/mol. The average molecular weight is 502 g/mol. The van der Waals surface area contributed by atoms with Crippen molar-refractivity contribution in [2.75, 3.05) is 5.43 Å². The number of hydrogen-bond acceptors (Lipinski definition) is 3. The Morgan fingerprint density at radius 2 is 1.31 bits per heavy atom. The first-order valence-corrected chi connectivity index (χ1v) is 13.0. The van der Waals surface area contributed by atoms with E-state index in [9.17, 15) is 0 Å². The van der Waals surface area contributed by atoms with Crippen molar-refractivity contribution >= 4 is 65.9 Å². The smallest absolute Gasteiger partial charge is 0.144 e. The van der Waals surface area contributed by atoms with E-state index >= 15 is 0 Å². The molecule has 39 heavy (non-hydrogen) atoms. The second-order valence-corrected chi connectivity index (χ2v) is 9.82. The maximum absolute atomic E-state index is 8.73. The molecule has 4 heteroatoms. The van der Waals surface area contributed by atoms with Gasteiger partial charge in [-0.25, -0.2) is 0 Å². The van der Waals surface area contributed by atoms with Crippen molar-refractivity contribution in [2.24, 2.45) is 0 Å². The zero-order valence-corrected chi connectivity index (χ0v) is 21.0. The van der Waals surface area contributed by atoms with Crippen molar-refractivity contribution in [3.63, 3.8) is 0 Å². The second-order valence-electron chi connectivity index (χ2n) is 9.82. The van der Waals surface area contributed by atoms with Gasteiger partial charge in [0, 0.05) is 43.5 Å². The summed E-state index contributed by atoms with van der Waals surface area (Å²) in [5.41, 5.74) is 10.9. The van der Waals surface area contributed by atoms with Crippen molar-refractivity contribution in [3.8, 4) is 0 Å². The van der Waals surface area contributed by atoms with Crippen LogP contribution in [0.5, 0.6) is 0 Å². The summed E-state index contributed by atoms with van der Waals surface area (Å²) in [6.07, 6.45) is 7.73. The van der Waals surface area contributed by atoms with Gasteiger partial charge < -0.3 is 9.83 Å². The van der Waals surface area contributed by atoms with Crippen LogP contribution in [-0.4, -0.2) is 10.4 Å². The first-order chi connectivity index (χ1) is 19.3. The third kappa shape index (κ3) is 3.15. The highest BCUT2D eigenvalue weighted by Crippen LogP contribution is 2.44. The number of rotatable bonds is 3. The van der Waals surface area contributed by atoms with Gasteiger partial charge >= 0.3 is 0 Å². The molecule has 0 fully saturated rings. The largest absolute Gasteiger partial charge is 0.455 e. The van der Waals surface area contributed by atoms with E-state index in [4.69, 9.17) is 9.83 Å². The fraction of sp³-hybridized carbons (Fsp3) is 0. The molecule has 184 valence electrons. The van der Waals surface area contributed by atoms with Crippen molar-refractivity contribution in [1.29, 1.82) is 5.41 Å². The number of nitrogens with one attached hydrogen (secondary N) is 2. The molecule has 2 heterocycles. The summed E-state index contributed by atoms with van der Waals surface area (Å²) in [7, 11) is 0. The molecule has 0 amide bonds. The van der Waals surface area contributed by atoms with Crippen LogP contribution in [0.4, 0.5) is 0 Å². The van der Waals surface area contributed by atoms with Crippen LogP contribution in [0.2, 0.25) is 0 Å². The summed E-state index contributed by atoms with van der Waals surface area (Å²) in [6.45, 7) is 0. The number of para-hydroxylation sites is 2. The normalized spacial score (nSPS) is 14.8. The summed E-state index contributed by atoms with van der Waals surface area (Å²) < 4.78 is 8.71. The Balaban J connectivity index is 1.56. The molecular formula is C35H23N3O. The summed E-state index contributed by atoms with van der Waals surface area (Å²) in [5.74, 6) is 0. The van der Waals surface area contributed by atoms with E-state index in [0.29, 0.717) is 5.71 Å². The molecule has 0 bridgehead atoms. The zero-order valence-electron chi connectivity index (χ0n) is 21.0. The van der Waals surface area contributed by atoms with E-state index < -0.39 is 0 Å². The zero-order chi connectivity index (χ0) is 25.9. The summed E-state index contributed by atoms with van der Waals surface area (Å²) in [5, 5.41) is 15.4. The van der Waals surface area contributed by atoms with Gasteiger partial charge in [-0.1, -0.05) is 109 Å². The first kappa shape index (κ1) is 21.7. The van der Waals surface area contributed by atoms with Crippen LogP contribution in [0.3, 0.4) is 0 Å². The Morgan fingerprint density at radius 1 is 0.641 bits per heavy atom. The SMILES string of the molecule is N=C1C=CC=C/C1=C(/Nn1c2ccccc2c2c3c4ccccc4oc3c3ccccc3c21)c1ccccc1. The maximum Gasteiger partial charge on any atom is 0.144 e. The highest BCUT2D eigenvalue weighted by atomic mass is 16.3. The highest BCUT2D eigenvalue weighted by Gasteiger charge is 2.23. The third-order valence-corrected chi connectivity index (χ3v) is 7.63. The Bertz CT molecular complexity index is 2210. The monoisotopic (exact) mass is 501 g/mol. The van der Waals surface area contributed by atoms with Crippen molar-refractivity contribution in [1.82, 2.24) is 4.68 Å². The third-order valence-electron chi connectivity index (χ3n) is 7.63. The molecule has 0 aliphatic heterocycles. The molecule has 8 rings (SSSR count). The van der Waals surface area contributed by atoms with E-state index in [2.05, 4.69) is 82.9 Å². The Labute approximate surface area is 224 Å². The number of benzene rings is 5. The minimum absolute atomic E-state index is 0.470. The number of hydrogen-bond donors (Lipinski definition) is 2. The van der Waals surface area contributed by atoms with Gasteiger partial charge in [0.05, 0.1) is 22.4 Å². The molecule has 2 N–H and O–H groups in total. The van der Waals surface area contributed by atoms with E-state index in [1.54, 1.807) is 0 Å². The van der Waals surface area contributed by atoms with Crippen LogP contribution in [-0.2, 0) is 0 Å². The number of furan rings is 1. The van der Waals surface area contributed by atoms with Gasteiger partial charge in [-0.3, -0.25) is 10.1 Å². The van der Waals surface area contributed by atoms with Crippen LogP contribution in [0, 0.1) is 5.41 Å². The number of nitrogens with zero attached hydrogens (tertiary/aromatic N) is 1. The lowest BCUT2D eigenvalue weighted by Gasteiger charge is -2.20. The lowest BCUT2D eigenvalue weighted by Crippen LogP contribution is -2.17. The molecule has 1 aliphatic carbocycles. The number of allylic oxidation sites excluding steroid dienone is 5. The molecule has 1 aliphatic rings. The fourth-order valence-electron chi connectivity index (χ4n) is 5.93. The summed E-state index contributed by atoms with van der Waals surface area (Å²) >= 11 is 0. The molecule has 0 unspecified atom stereocenters. The van der Waals surface area contributed by atoms with Gasteiger partial charge in [0.1, 0.15) is 11.2 Å². The quantitative estimate of drug-likeness (QED) is 0.254. The minimum atomic E-state index is 0.470. The predicted octanol–water partition coefficient (Wildman–Crippen LogP) is 8.95. The number of aromatic nitrogens is 1. The van der Waals surface area contributed by atoms with Crippen molar-refractivity contribution in [3.05, 3.63) is 139 Å². The van der Waals surface area contributed by atoms with Gasteiger partial charge in [0.15, 0.2) is 0 Å². The summed E-state index contributed by atoms with van der Waals surface area (Å²) in [4.78, 5) is 0. The van der Waals surface area contributed by atoms with Gasteiger partial charge in [-0.2, -0.15) is 0 Å². The minimum Gasteiger partial charge on any atom is -0.455 e. The van der Waals surface area contributed by atoms with Crippen molar-refractivity contribution in [2.45, 2.75) is 0 Å². The van der Waals surface area contributed by atoms with E-state index in [1.165, 1.54) is 0 Å². The molecular weight excluding hydrogens is 478 g/mol. The van der Waals surface area contributed by atoms with E-state index in [-0.39, 0.29) is 0 Å². The van der Waals surface area contributed by atoms with Crippen LogP contribution in [0.1, 0.15) is 5.56 Å². The molecule has 5 aromatic carbocycles. The highest BCUT2D eigenvalue weighted by molar-refractivity contribution is 6.35. The number of fused-ring (bicyclic) bond motifs is 10. The molecule has 0 saturated carbocycles. The summed E-state index contributed by atoms with van der Waals surface area (Å²) in [6, 6.07) is 35.5. The molecule has 0 atom stereocenters. The molecule has 4 nitrogen and oxygen atoms in total. The molecule has 0 spiro atoms.